The van der Waals surface area contributed by atoms with Gasteiger partial charge in [-0.1, -0.05) is 90.8 Å². The minimum Gasteiger partial charge on any atom is -0.410 e. The van der Waals surface area contributed by atoms with Crippen molar-refractivity contribution in [1.82, 2.24) is 4.90 Å². The normalized spacial score (nSPS) is 17.2. The number of carbonyl (C=O) groups is 1. The van der Waals surface area contributed by atoms with E-state index < -0.39 is 8.07 Å². The van der Waals surface area contributed by atoms with Gasteiger partial charge in [0.2, 0.25) is 0 Å². The molecule has 0 radical (unpaired) electrons. The number of benzene rings is 1. The third-order valence-corrected chi connectivity index (χ3v) is 13.8. The molecule has 1 aliphatic rings. The van der Waals surface area contributed by atoms with Gasteiger partial charge in [-0.15, -0.1) is 0 Å². The molecule has 0 N–H and O–H groups in total. The zero-order chi connectivity index (χ0) is 21.6. The summed E-state index contributed by atoms with van der Waals surface area (Å²) < 4.78 is 5.73. The highest BCUT2D eigenvalue weighted by atomic mass is 28.3. The quantitative estimate of drug-likeness (QED) is 0.408. The number of rotatable bonds is 8. The van der Waals surface area contributed by atoms with Gasteiger partial charge in [-0.3, -0.25) is 4.90 Å². The van der Waals surface area contributed by atoms with Gasteiger partial charge >= 0.3 is 6.09 Å². The molecule has 2 rings (SSSR count). The highest BCUT2D eigenvalue weighted by Gasteiger charge is 2.49. The Morgan fingerprint density at radius 3 is 2.14 bits per heavy atom. The molecule has 0 spiro atoms. The Morgan fingerprint density at radius 2 is 1.62 bits per heavy atom. The molecule has 29 heavy (non-hydrogen) atoms. The van der Waals surface area contributed by atoms with E-state index in [1.807, 2.05) is 41.4 Å². The van der Waals surface area contributed by atoms with Crippen molar-refractivity contribution in [2.45, 2.75) is 90.4 Å². The fraction of sp³-hybridized carbons (Fsp3) is 0.560. The van der Waals surface area contributed by atoms with E-state index in [4.69, 9.17) is 4.74 Å². The Bertz CT molecular complexity index is 700. The van der Waals surface area contributed by atoms with Crippen molar-refractivity contribution in [1.29, 1.82) is 0 Å². The van der Waals surface area contributed by atoms with Crippen LogP contribution in [0.3, 0.4) is 0 Å². The molecule has 3 nitrogen and oxygen atoms in total. The Hall–Kier alpha value is -1.81. The SMILES string of the molecule is CCCCC1C([Si](C(C)C)(C(C)C)C(C)C)=CC=CN1C(=O)Oc1ccccc1. The van der Waals surface area contributed by atoms with Gasteiger partial charge in [-0.25, -0.2) is 4.79 Å². The van der Waals surface area contributed by atoms with Gasteiger partial charge in [0.1, 0.15) is 5.75 Å². The Balaban J connectivity index is 2.45. The van der Waals surface area contributed by atoms with E-state index >= 15 is 0 Å². The molecule has 1 heterocycles. The van der Waals surface area contributed by atoms with Crippen LogP contribution < -0.4 is 4.74 Å². The Morgan fingerprint density at radius 1 is 1.03 bits per heavy atom. The molecule has 1 aromatic carbocycles. The first kappa shape index (κ1) is 23.5. The second kappa shape index (κ2) is 10.3. The van der Waals surface area contributed by atoms with Crippen molar-refractivity contribution in [2.24, 2.45) is 0 Å². The van der Waals surface area contributed by atoms with E-state index in [-0.39, 0.29) is 12.1 Å². The summed E-state index contributed by atoms with van der Waals surface area (Å²) in [6, 6.07) is 9.47. The summed E-state index contributed by atoms with van der Waals surface area (Å²) in [5, 5.41) is 1.51. The number of allylic oxidation sites excluding steroid dienone is 2. The highest BCUT2D eigenvalue weighted by Crippen LogP contribution is 2.49. The first-order valence-electron chi connectivity index (χ1n) is 11.2. The molecular weight excluding hydrogens is 374 g/mol. The molecular formula is C25H39NO2Si. The summed E-state index contributed by atoms with van der Waals surface area (Å²) in [6.45, 7) is 16.5. The molecule has 4 heteroatoms. The van der Waals surface area contributed by atoms with Gasteiger partial charge in [0.15, 0.2) is 0 Å². The monoisotopic (exact) mass is 413 g/mol. The summed E-state index contributed by atoms with van der Waals surface area (Å²) in [4.78, 5) is 15.0. The van der Waals surface area contributed by atoms with Crippen molar-refractivity contribution in [3.8, 4) is 5.75 Å². The minimum absolute atomic E-state index is 0.0926. The van der Waals surface area contributed by atoms with Gasteiger partial charge in [-0.2, -0.15) is 0 Å². The number of ether oxygens (including phenoxy) is 1. The first-order valence-corrected chi connectivity index (χ1v) is 13.4. The lowest BCUT2D eigenvalue weighted by atomic mass is 10.1. The molecule has 1 amide bonds. The molecule has 0 fully saturated rings. The second-order valence-corrected chi connectivity index (χ2v) is 15.0. The summed E-state index contributed by atoms with van der Waals surface area (Å²) >= 11 is 0. The van der Waals surface area contributed by atoms with Crippen LogP contribution in [0, 0.1) is 0 Å². The number of nitrogens with zero attached hydrogens (tertiary/aromatic N) is 1. The van der Waals surface area contributed by atoms with Crippen LogP contribution in [0.15, 0.2) is 53.9 Å². The van der Waals surface area contributed by atoms with E-state index in [1.165, 1.54) is 5.20 Å². The number of hydrogen-bond donors (Lipinski definition) is 0. The number of para-hydroxylation sites is 1. The van der Waals surface area contributed by atoms with Crippen LogP contribution in [0.25, 0.3) is 0 Å². The van der Waals surface area contributed by atoms with Crippen molar-refractivity contribution >= 4 is 14.2 Å². The molecule has 1 atom stereocenters. The second-order valence-electron chi connectivity index (χ2n) is 9.11. The zero-order valence-corrected chi connectivity index (χ0v) is 20.3. The Labute approximate surface area is 178 Å². The fourth-order valence-electron chi connectivity index (χ4n) is 5.56. The molecule has 0 aliphatic carbocycles. The zero-order valence-electron chi connectivity index (χ0n) is 19.3. The van der Waals surface area contributed by atoms with E-state index in [2.05, 4.69) is 60.6 Å². The molecule has 1 aliphatic heterocycles. The molecule has 1 aromatic rings. The standard InChI is InChI=1S/C25H39NO2Si/c1-8-9-16-23-24(29(19(2)3,20(4)5)21(6)7)17-13-18-26(23)25(27)28-22-14-11-10-12-15-22/h10-15,17-21,23H,8-9,16H2,1-7H3. The van der Waals surface area contributed by atoms with Crippen LogP contribution in [-0.4, -0.2) is 25.1 Å². The molecule has 160 valence electrons. The number of hydrogen-bond acceptors (Lipinski definition) is 2. The van der Waals surface area contributed by atoms with Crippen LogP contribution >= 0.6 is 0 Å². The molecule has 1 unspecified atom stereocenters. The average Bonchev–Trinajstić information content (AvgIpc) is 2.67. The number of amides is 1. The maximum atomic E-state index is 13.2. The largest absolute Gasteiger partial charge is 0.419 e. The van der Waals surface area contributed by atoms with Crippen molar-refractivity contribution < 1.29 is 9.53 Å². The van der Waals surface area contributed by atoms with Gasteiger partial charge in [0.25, 0.3) is 0 Å². The van der Waals surface area contributed by atoms with E-state index in [1.54, 1.807) is 0 Å². The lowest BCUT2D eigenvalue weighted by molar-refractivity contribution is 0.158. The van der Waals surface area contributed by atoms with Crippen LogP contribution in [-0.2, 0) is 0 Å². The average molecular weight is 414 g/mol. The van der Waals surface area contributed by atoms with Crippen LogP contribution in [0.4, 0.5) is 4.79 Å². The summed E-state index contributed by atoms with van der Waals surface area (Å²) in [5.74, 6) is 0.594. The van der Waals surface area contributed by atoms with Crippen LogP contribution in [0.2, 0.25) is 16.6 Å². The maximum absolute atomic E-state index is 13.2. The van der Waals surface area contributed by atoms with Crippen molar-refractivity contribution in [2.75, 3.05) is 0 Å². The fourth-order valence-corrected chi connectivity index (χ4v) is 12.8. The molecule has 0 aromatic heterocycles. The van der Waals surface area contributed by atoms with Crippen LogP contribution in [0.1, 0.15) is 67.7 Å². The van der Waals surface area contributed by atoms with Gasteiger partial charge < -0.3 is 4.74 Å². The van der Waals surface area contributed by atoms with Gasteiger partial charge in [-0.05, 0) is 41.3 Å². The van der Waals surface area contributed by atoms with Gasteiger partial charge in [0, 0.05) is 6.20 Å². The minimum atomic E-state index is -1.86. The molecule has 0 saturated heterocycles. The molecule has 0 bridgehead atoms. The smallest absolute Gasteiger partial charge is 0.410 e. The van der Waals surface area contributed by atoms with E-state index in [0.29, 0.717) is 22.4 Å². The maximum Gasteiger partial charge on any atom is 0.419 e. The predicted octanol–water partition coefficient (Wildman–Crippen LogP) is 7.72. The number of unbranched alkanes of at least 4 members (excludes halogenated alkanes) is 1. The highest BCUT2D eigenvalue weighted by molar-refractivity contribution is 6.90. The third-order valence-electron chi connectivity index (χ3n) is 6.57. The van der Waals surface area contributed by atoms with E-state index in [9.17, 15) is 4.79 Å². The van der Waals surface area contributed by atoms with Crippen molar-refractivity contribution in [3.05, 3.63) is 53.9 Å². The van der Waals surface area contributed by atoms with E-state index in [0.717, 1.165) is 19.3 Å². The summed E-state index contributed by atoms with van der Waals surface area (Å²) in [6.07, 6.45) is 9.22. The first-order chi connectivity index (χ1) is 13.8. The lowest BCUT2D eigenvalue weighted by Crippen LogP contribution is -2.55. The lowest BCUT2D eigenvalue weighted by Gasteiger charge is -2.49. The third kappa shape index (κ3) is 4.85. The van der Waals surface area contributed by atoms with Crippen LogP contribution in [0.5, 0.6) is 5.75 Å². The van der Waals surface area contributed by atoms with Gasteiger partial charge in [0.05, 0.1) is 14.1 Å². The topological polar surface area (TPSA) is 29.5 Å². The summed E-state index contributed by atoms with van der Waals surface area (Å²) in [5.41, 5.74) is 1.82. The van der Waals surface area contributed by atoms with Crippen molar-refractivity contribution in [3.63, 3.8) is 0 Å². The Kier molecular flexibility index (Phi) is 8.32. The summed E-state index contributed by atoms with van der Waals surface area (Å²) in [7, 11) is -1.86. The molecule has 0 saturated carbocycles. The number of carbonyl (C=O) groups excluding carboxylic acids is 1. The predicted molar refractivity (Wildman–Crippen MR) is 126 cm³/mol.